The van der Waals surface area contributed by atoms with E-state index in [0.29, 0.717) is 25.5 Å². The van der Waals surface area contributed by atoms with E-state index in [2.05, 4.69) is 37.8 Å². The molecule has 0 saturated heterocycles. The molecule has 1 aliphatic rings. The largest absolute Gasteiger partial charge is 0.465 e. The average molecular weight is 705 g/mol. The standard InChI is InChI=1S/C44H84N2O4/c1-7-10-13-15-17-19-21-23-25-28-30-39(31-29-26-24-22-20-18-16-14-11-8-2)38-49-43(47)37-40-33-34-42(41(40)32-27-12-9-3)50-44(48)46(6)36-35-45(4)5/h12,27,39-42H,7-11,13-26,28-38H2,1-6H3/b27-12-. The van der Waals surface area contributed by atoms with Gasteiger partial charge in [0, 0.05) is 32.5 Å². The zero-order chi connectivity index (χ0) is 36.7. The molecule has 6 heteroatoms. The number of unbranched alkanes of at least 4 members (excludes halogenated alkanes) is 18. The second-order valence-corrected chi connectivity index (χ2v) is 16.0. The predicted molar refractivity (Wildman–Crippen MR) is 214 cm³/mol. The molecule has 1 fully saturated rings. The first-order chi connectivity index (χ1) is 24.3. The maximum absolute atomic E-state index is 13.3. The molecule has 3 unspecified atom stereocenters. The van der Waals surface area contributed by atoms with Gasteiger partial charge in [0.25, 0.3) is 0 Å². The summed E-state index contributed by atoms with van der Waals surface area (Å²) in [5.74, 6) is 0.757. The number of hydrogen-bond donors (Lipinski definition) is 0. The van der Waals surface area contributed by atoms with E-state index >= 15 is 0 Å². The fourth-order valence-electron chi connectivity index (χ4n) is 7.57. The normalized spacial score (nSPS) is 17.7. The van der Waals surface area contributed by atoms with Crippen LogP contribution in [0.2, 0.25) is 0 Å². The van der Waals surface area contributed by atoms with Crippen molar-refractivity contribution in [3.05, 3.63) is 12.2 Å². The Morgan fingerprint density at radius 2 is 1.16 bits per heavy atom. The van der Waals surface area contributed by atoms with Crippen LogP contribution in [-0.2, 0) is 14.3 Å². The Balaban J connectivity index is 2.59. The molecule has 0 aliphatic heterocycles. The number of nitrogens with zero attached hydrogens (tertiary/aromatic N) is 2. The number of likely N-dealkylation sites (N-methyl/N-ethyl adjacent to an activating group) is 2. The summed E-state index contributed by atoms with van der Waals surface area (Å²) >= 11 is 0. The van der Waals surface area contributed by atoms with Crippen molar-refractivity contribution in [2.24, 2.45) is 17.8 Å². The Kier molecular flexibility index (Phi) is 29.8. The molecule has 0 aromatic rings. The first kappa shape index (κ1) is 46.5. The van der Waals surface area contributed by atoms with Gasteiger partial charge in [-0.25, -0.2) is 4.79 Å². The number of esters is 1. The molecule has 0 aromatic carbocycles. The molecule has 0 heterocycles. The zero-order valence-corrected chi connectivity index (χ0v) is 34.2. The van der Waals surface area contributed by atoms with Crippen molar-refractivity contribution in [2.45, 2.75) is 200 Å². The number of carbonyl (C=O) groups excluding carboxylic acids is 2. The molecule has 1 aliphatic carbocycles. The van der Waals surface area contributed by atoms with Crippen molar-refractivity contribution in [1.29, 1.82) is 0 Å². The lowest BCUT2D eigenvalue weighted by Gasteiger charge is -2.26. The number of ether oxygens (including phenoxy) is 2. The highest BCUT2D eigenvalue weighted by Crippen LogP contribution is 2.39. The Hall–Kier alpha value is -1.56. The van der Waals surface area contributed by atoms with E-state index in [9.17, 15) is 9.59 Å². The number of hydrogen-bond acceptors (Lipinski definition) is 5. The van der Waals surface area contributed by atoms with Gasteiger partial charge >= 0.3 is 12.1 Å². The molecule has 1 amide bonds. The third-order valence-corrected chi connectivity index (χ3v) is 11.0. The maximum atomic E-state index is 13.3. The van der Waals surface area contributed by atoms with Crippen LogP contribution in [0.1, 0.15) is 194 Å². The van der Waals surface area contributed by atoms with Gasteiger partial charge < -0.3 is 19.3 Å². The van der Waals surface area contributed by atoms with Crippen LogP contribution in [0.4, 0.5) is 4.79 Å². The van der Waals surface area contributed by atoms with Gasteiger partial charge in [-0.15, -0.1) is 0 Å². The van der Waals surface area contributed by atoms with Gasteiger partial charge in [-0.1, -0.05) is 161 Å². The molecule has 0 bridgehead atoms. The van der Waals surface area contributed by atoms with Crippen molar-refractivity contribution in [3.8, 4) is 0 Å². The first-order valence-electron chi connectivity index (χ1n) is 21.7. The van der Waals surface area contributed by atoms with E-state index in [1.54, 1.807) is 4.90 Å². The van der Waals surface area contributed by atoms with Gasteiger partial charge in [0.15, 0.2) is 0 Å². The Morgan fingerprint density at radius 3 is 1.64 bits per heavy atom. The summed E-state index contributed by atoms with van der Waals surface area (Å²) in [6.07, 6.45) is 37.4. The van der Waals surface area contributed by atoms with Gasteiger partial charge in [-0.05, 0) is 64.5 Å². The quantitative estimate of drug-likeness (QED) is 0.0387. The van der Waals surface area contributed by atoms with Gasteiger partial charge in [0.05, 0.1) is 6.61 Å². The number of carbonyl (C=O) groups is 2. The van der Waals surface area contributed by atoms with Crippen LogP contribution >= 0.6 is 0 Å². The van der Waals surface area contributed by atoms with E-state index in [0.717, 1.165) is 32.2 Å². The summed E-state index contributed by atoms with van der Waals surface area (Å²) in [6.45, 7) is 8.70. The van der Waals surface area contributed by atoms with Crippen LogP contribution in [0.15, 0.2) is 12.2 Å². The highest BCUT2D eigenvalue weighted by Gasteiger charge is 2.39. The van der Waals surface area contributed by atoms with Crippen LogP contribution in [-0.4, -0.2) is 68.8 Å². The Bertz CT molecular complexity index is 807. The highest BCUT2D eigenvalue weighted by atomic mass is 16.6. The maximum Gasteiger partial charge on any atom is 0.409 e. The lowest BCUT2D eigenvalue weighted by atomic mass is 9.88. The minimum atomic E-state index is -0.258. The highest BCUT2D eigenvalue weighted by molar-refractivity contribution is 5.70. The molecule has 50 heavy (non-hydrogen) atoms. The summed E-state index contributed by atoms with van der Waals surface area (Å²) in [4.78, 5) is 29.9. The second-order valence-electron chi connectivity index (χ2n) is 16.0. The molecule has 1 rings (SSSR count). The molecule has 0 N–H and O–H groups in total. The topological polar surface area (TPSA) is 59.1 Å². The smallest absolute Gasteiger partial charge is 0.409 e. The summed E-state index contributed by atoms with van der Waals surface area (Å²) in [6, 6.07) is 0. The lowest BCUT2D eigenvalue weighted by molar-refractivity contribution is -0.146. The third kappa shape index (κ3) is 24.6. The predicted octanol–water partition coefficient (Wildman–Crippen LogP) is 12.5. The molecule has 6 nitrogen and oxygen atoms in total. The molecule has 1 saturated carbocycles. The number of rotatable bonds is 33. The molecule has 3 atom stereocenters. The monoisotopic (exact) mass is 705 g/mol. The average Bonchev–Trinajstić information content (AvgIpc) is 3.46. The van der Waals surface area contributed by atoms with E-state index < -0.39 is 0 Å². The van der Waals surface area contributed by atoms with Crippen LogP contribution in [0, 0.1) is 17.8 Å². The summed E-state index contributed by atoms with van der Waals surface area (Å²) in [5.41, 5.74) is 0. The molecule has 294 valence electrons. The van der Waals surface area contributed by atoms with Crippen LogP contribution in [0.5, 0.6) is 0 Å². The van der Waals surface area contributed by atoms with Crippen LogP contribution in [0.3, 0.4) is 0 Å². The fraction of sp³-hybridized carbons (Fsp3) is 0.909. The van der Waals surface area contributed by atoms with Crippen molar-refractivity contribution in [2.75, 3.05) is 40.8 Å². The molecular formula is C44H84N2O4. The Labute approximate surface area is 311 Å². The van der Waals surface area contributed by atoms with Crippen molar-refractivity contribution in [3.63, 3.8) is 0 Å². The van der Waals surface area contributed by atoms with E-state index in [-0.39, 0.29) is 30.0 Å². The summed E-state index contributed by atoms with van der Waals surface area (Å²) in [7, 11) is 5.83. The lowest BCUT2D eigenvalue weighted by Crippen LogP contribution is -2.37. The van der Waals surface area contributed by atoms with Gasteiger partial charge in [0.1, 0.15) is 6.10 Å². The van der Waals surface area contributed by atoms with E-state index in [4.69, 9.17) is 9.47 Å². The summed E-state index contributed by atoms with van der Waals surface area (Å²) < 4.78 is 12.1. The van der Waals surface area contributed by atoms with E-state index in [1.807, 2.05) is 21.1 Å². The molecular weight excluding hydrogens is 620 g/mol. The number of allylic oxidation sites excluding steroid dienone is 2. The zero-order valence-electron chi connectivity index (χ0n) is 34.2. The van der Waals surface area contributed by atoms with E-state index in [1.165, 1.54) is 141 Å². The van der Waals surface area contributed by atoms with Gasteiger partial charge in [-0.2, -0.15) is 0 Å². The fourth-order valence-corrected chi connectivity index (χ4v) is 7.57. The summed E-state index contributed by atoms with van der Waals surface area (Å²) in [5, 5.41) is 0. The van der Waals surface area contributed by atoms with Crippen LogP contribution in [0.25, 0.3) is 0 Å². The van der Waals surface area contributed by atoms with Gasteiger partial charge in [0.2, 0.25) is 0 Å². The van der Waals surface area contributed by atoms with Crippen molar-refractivity contribution < 1.29 is 19.1 Å². The van der Waals surface area contributed by atoms with Crippen molar-refractivity contribution >= 4 is 12.1 Å². The van der Waals surface area contributed by atoms with Crippen molar-refractivity contribution in [1.82, 2.24) is 9.80 Å². The molecule has 0 radical (unpaired) electrons. The molecule has 0 spiro atoms. The molecule has 0 aromatic heterocycles. The number of amides is 1. The minimum Gasteiger partial charge on any atom is -0.465 e. The third-order valence-electron chi connectivity index (χ3n) is 11.0. The van der Waals surface area contributed by atoms with Crippen LogP contribution < -0.4 is 0 Å². The van der Waals surface area contributed by atoms with Gasteiger partial charge in [-0.3, -0.25) is 4.79 Å². The SMILES string of the molecule is CC/C=C\CC1C(CC(=O)OCC(CCCCCCCCCCCC)CCCCCCCCCCCC)CCC1OC(=O)N(C)CCN(C)C. The minimum absolute atomic E-state index is 0.0642. The Morgan fingerprint density at radius 1 is 0.660 bits per heavy atom. The first-order valence-corrected chi connectivity index (χ1v) is 21.7. The second kappa shape index (κ2) is 32.1.